The Bertz CT molecular complexity index is 835. The number of nitrogens with one attached hydrogen (secondary N) is 2. The lowest BCUT2D eigenvalue weighted by molar-refractivity contribution is -0.137. The number of benzene rings is 2. The number of hydrogen-bond acceptors (Lipinski definition) is 3. The molecule has 0 unspecified atom stereocenters. The topological polar surface area (TPSA) is 88.7 Å². The van der Waals surface area contributed by atoms with Crippen LogP contribution < -0.4 is 21.1 Å². The van der Waals surface area contributed by atoms with Crippen molar-refractivity contribution in [2.45, 2.75) is 19.0 Å². The van der Waals surface area contributed by atoms with E-state index in [1.54, 1.807) is 19.2 Å². The van der Waals surface area contributed by atoms with E-state index in [1.807, 2.05) is 12.1 Å². The molecule has 0 aliphatic rings. The van der Waals surface area contributed by atoms with Crippen LogP contribution in [0, 0.1) is 0 Å². The highest BCUT2D eigenvalue weighted by atomic mass is 19.4. The van der Waals surface area contributed by atoms with Crippen LogP contribution in [0.2, 0.25) is 0 Å². The molecule has 0 aromatic heterocycles. The van der Waals surface area contributed by atoms with E-state index in [0.29, 0.717) is 31.2 Å². The van der Waals surface area contributed by atoms with Crippen LogP contribution in [0.4, 0.5) is 13.2 Å². The monoisotopic (exact) mass is 422 g/mol. The van der Waals surface area contributed by atoms with Gasteiger partial charge in [-0.25, -0.2) is 0 Å². The second kappa shape index (κ2) is 11.1. The molecule has 0 aliphatic heterocycles. The molecule has 0 aliphatic carbocycles. The SMILES string of the molecule is CN=C(NCCc1ccc(OCC(N)=O)cc1)NCCc1ccc(C(F)(F)F)cc1. The minimum absolute atomic E-state index is 0.157. The molecule has 6 nitrogen and oxygen atoms in total. The molecule has 0 atom stereocenters. The molecule has 162 valence electrons. The Morgan fingerprint density at radius 1 is 0.967 bits per heavy atom. The lowest BCUT2D eigenvalue weighted by Gasteiger charge is -2.12. The number of ether oxygens (including phenoxy) is 1. The van der Waals surface area contributed by atoms with Crippen molar-refractivity contribution >= 4 is 11.9 Å². The highest BCUT2D eigenvalue weighted by Crippen LogP contribution is 2.29. The zero-order valence-electron chi connectivity index (χ0n) is 16.6. The number of nitrogens with zero attached hydrogens (tertiary/aromatic N) is 1. The largest absolute Gasteiger partial charge is 0.484 e. The lowest BCUT2D eigenvalue weighted by Crippen LogP contribution is -2.39. The molecule has 0 fully saturated rings. The fraction of sp³-hybridized carbons (Fsp3) is 0.333. The van der Waals surface area contributed by atoms with Gasteiger partial charge in [0.15, 0.2) is 12.6 Å². The maximum Gasteiger partial charge on any atom is 0.416 e. The Morgan fingerprint density at radius 3 is 1.90 bits per heavy atom. The van der Waals surface area contributed by atoms with Crippen molar-refractivity contribution in [3.63, 3.8) is 0 Å². The number of carbonyl (C=O) groups excluding carboxylic acids is 1. The number of nitrogens with two attached hydrogens (primary N) is 1. The maximum atomic E-state index is 12.6. The fourth-order valence-corrected chi connectivity index (χ4v) is 2.64. The molecule has 0 saturated heterocycles. The molecular formula is C21H25F3N4O2. The third-order valence-corrected chi connectivity index (χ3v) is 4.22. The molecule has 2 aromatic rings. The van der Waals surface area contributed by atoms with Gasteiger partial charge >= 0.3 is 6.18 Å². The van der Waals surface area contributed by atoms with Crippen LogP contribution in [0.25, 0.3) is 0 Å². The van der Waals surface area contributed by atoms with Crippen LogP contribution in [0.15, 0.2) is 53.5 Å². The summed E-state index contributed by atoms with van der Waals surface area (Å²) in [5.74, 6) is 0.662. The molecule has 9 heteroatoms. The summed E-state index contributed by atoms with van der Waals surface area (Å²) in [6, 6.07) is 12.5. The molecule has 1 amide bonds. The number of primary amides is 1. The van der Waals surface area contributed by atoms with Crippen LogP contribution >= 0.6 is 0 Å². The Morgan fingerprint density at radius 2 is 1.47 bits per heavy atom. The van der Waals surface area contributed by atoms with Crippen molar-refractivity contribution in [2.75, 3.05) is 26.7 Å². The Hall–Kier alpha value is -3.23. The Kier molecular flexibility index (Phi) is 8.52. The van der Waals surface area contributed by atoms with Gasteiger partial charge in [0, 0.05) is 20.1 Å². The third-order valence-electron chi connectivity index (χ3n) is 4.22. The molecule has 0 bridgehead atoms. The summed E-state index contributed by atoms with van der Waals surface area (Å²) in [6.45, 7) is 1.02. The van der Waals surface area contributed by atoms with Gasteiger partial charge in [-0.1, -0.05) is 24.3 Å². The minimum Gasteiger partial charge on any atom is -0.484 e. The number of rotatable bonds is 9. The van der Waals surface area contributed by atoms with Gasteiger partial charge in [-0.2, -0.15) is 13.2 Å². The predicted octanol–water partition coefficient (Wildman–Crippen LogP) is 2.52. The van der Waals surface area contributed by atoms with Gasteiger partial charge in [0.2, 0.25) is 0 Å². The van der Waals surface area contributed by atoms with Crippen molar-refractivity contribution in [2.24, 2.45) is 10.7 Å². The Balaban J connectivity index is 1.70. The van der Waals surface area contributed by atoms with Crippen molar-refractivity contribution in [3.8, 4) is 5.75 Å². The van der Waals surface area contributed by atoms with Crippen LogP contribution in [-0.2, 0) is 23.8 Å². The first-order valence-corrected chi connectivity index (χ1v) is 9.38. The number of alkyl halides is 3. The zero-order valence-corrected chi connectivity index (χ0v) is 16.6. The second-order valence-corrected chi connectivity index (χ2v) is 6.52. The summed E-state index contributed by atoms with van der Waals surface area (Å²) in [7, 11) is 1.65. The second-order valence-electron chi connectivity index (χ2n) is 6.52. The maximum absolute atomic E-state index is 12.6. The molecule has 0 heterocycles. The molecule has 30 heavy (non-hydrogen) atoms. The predicted molar refractivity (Wildman–Crippen MR) is 109 cm³/mol. The first kappa shape index (κ1) is 23.1. The highest BCUT2D eigenvalue weighted by molar-refractivity contribution is 5.79. The van der Waals surface area contributed by atoms with Gasteiger partial charge < -0.3 is 21.1 Å². The van der Waals surface area contributed by atoms with Gasteiger partial charge in [-0.3, -0.25) is 9.79 Å². The average molecular weight is 422 g/mol. The summed E-state index contributed by atoms with van der Waals surface area (Å²) in [6.07, 6.45) is -3.00. The summed E-state index contributed by atoms with van der Waals surface area (Å²) in [4.78, 5) is 14.8. The number of hydrogen-bond donors (Lipinski definition) is 3. The Labute approximate surface area is 173 Å². The molecule has 0 saturated carbocycles. The summed E-state index contributed by atoms with van der Waals surface area (Å²) >= 11 is 0. The van der Waals surface area contributed by atoms with E-state index in [-0.39, 0.29) is 6.61 Å². The summed E-state index contributed by atoms with van der Waals surface area (Å²) in [5, 5.41) is 6.32. The van der Waals surface area contributed by atoms with Crippen molar-refractivity contribution in [1.82, 2.24) is 10.6 Å². The smallest absolute Gasteiger partial charge is 0.416 e. The van der Waals surface area contributed by atoms with E-state index >= 15 is 0 Å². The molecule has 0 radical (unpaired) electrons. The number of halogens is 3. The molecule has 0 spiro atoms. The molecule has 4 N–H and O–H groups in total. The first-order valence-electron chi connectivity index (χ1n) is 9.38. The number of amides is 1. The van der Waals surface area contributed by atoms with Crippen LogP contribution in [0.1, 0.15) is 16.7 Å². The fourth-order valence-electron chi connectivity index (χ4n) is 2.64. The van der Waals surface area contributed by atoms with E-state index in [4.69, 9.17) is 10.5 Å². The van der Waals surface area contributed by atoms with Crippen molar-refractivity contribution < 1.29 is 22.7 Å². The van der Waals surface area contributed by atoms with E-state index < -0.39 is 17.6 Å². The normalized spacial score (nSPS) is 11.8. The van der Waals surface area contributed by atoms with E-state index in [2.05, 4.69) is 15.6 Å². The summed E-state index contributed by atoms with van der Waals surface area (Å²) < 4.78 is 43.0. The van der Waals surface area contributed by atoms with Crippen LogP contribution in [0.5, 0.6) is 5.75 Å². The van der Waals surface area contributed by atoms with Gasteiger partial charge in [0.1, 0.15) is 5.75 Å². The highest BCUT2D eigenvalue weighted by Gasteiger charge is 2.29. The van der Waals surface area contributed by atoms with Crippen molar-refractivity contribution in [3.05, 3.63) is 65.2 Å². The average Bonchev–Trinajstić information content (AvgIpc) is 2.71. The summed E-state index contributed by atoms with van der Waals surface area (Å²) in [5.41, 5.74) is 6.28. The van der Waals surface area contributed by atoms with Crippen LogP contribution in [-0.4, -0.2) is 38.6 Å². The van der Waals surface area contributed by atoms with Gasteiger partial charge in [-0.15, -0.1) is 0 Å². The lowest BCUT2D eigenvalue weighted by atomic mass is 10.1. The van der Waals surface area contributed by atoms with Crippen molar-refractivity contribution in [1.29, 1.82) is 0 Å². The molecule has 2 rings (SSSR count). The van der Waals surface area contributed by atoms with Gasteiger partial charge in [0.25, 0.3) is 5.91 Å². The number of carbonyl (C=O) groups is 1. The standard InChI is InChI=1S/C21H25F3N4O2/c1-26-20(27-12-10-15-2-6-17(7-3-15)21(22,23)24)28-13-11-16-4-8-18(9-5-16)30-14-19(25)29/h2-9H,10-14H2,1H3,(H2,25,29)(H2,26,27,28). The minimum atomic E-state index is -4.32. The van der Waals surface area contributed by atoms with Gasteiger partial charge in [-0.05, 0) is 48.2 Å². The number of guanidine groups is 1. The quantitative estimate of drug-likeness (QED) is 0.428. The van der Waals surface area contributed by atoms with Gasteiger partial charge in [0.05, 0.1) is 5.56 Å². The zero-order chi connectivity index (χ0) is 22.0. The number of aliphatic imine (C=N–C) groups is 1. The molecular weight excluding hydrogens is 397 g/mol. The van der Waals surface area contributed by atoms with E-state index in [9.17, 15) is 18.0 Å². The first-order chi connectivity index (χ1) is 14.3. The molecule has 2 aromatic carbocycles. The third kappa shape index (κ3) is 8.02. The van der Waals surface area contributed by atoms with Crippen LogP contribution in [0.3, 0.4) is 0 Å². The van der Waals surface area contributed by atoms with E-state index in [0.717, 1.165) is 29.7 Å². The van der Waals surface area contributed by atoms with E-state index in [1.165, 1.54) is 12.1 Å².